The molecule has 1 aromatic rings. The predicted molar refractivity (Wildman–Crippen MR) is 87.6 cm³/mol. The van der Waals surface area contributed by atoms with Gasteiger partial charge >= 0.3 is 0 Å². The van der Waals surface area contributed by atoms with Crippen LogP contribution in [0.5, 0.6) is 0 Å². The average Bonchev–Trinajstić information content (AvgIpc) is 2.41. The Kier molecular flexibility index (Phi) is 4.95. The van der Waals surface area contributed by atoms with Crippen LogP contribution >= 0.6 is 11.6 Å². The largest absolute Gasteiger partial charge is 0.347 e. The number of nitrogens with one attached hydrogen (secondary N) is 1. The summed E-state index contributed by atoms with van der Waals surface area (Å²) < 4.78 is 0. The molecule has 1 fully saturated rings. The molecule has 4 heteroatoms. The summed E-state index contributed by atoms with van der Waals surface area (Å²) in [6, 6.07) is 5.98. The highest BCUT2D eigenvalue weighted by Crippen LogP contribution is 2.26. The highest BCUT2D eigenvalue weighted by Gasteiger charge is 2.29. The maximum Gasteiger partial charge on any atom is 0.225 e. The standard InChI is InChI=1S/C17H25ClN2O/c1-12-7-8-14(10-15(12)18)17(2,3)19-16(21)13-6-5-9-20(4)11-13/h7-8,10,13H,5-6,9,11H2,1-4H3,(H,19,21)/t13-/m0/s1. The molecular weight excluding hydrogens is 284 g/mol. The van der Waals surface area contributed by atoms with Gasteiger partial charge in [-0.3, -0.25) is 4.79 Å². The van der Waals surface area contributed by atoms with E-state index >= 15 is 0 Å². The Bertz CT molecular complexity index is 528. The molecule has 0 aliphatic carbocycles. The number of halogens is 1. The van der Waals surface area contributed by atoms with Gasteiger partial charge in [-0.15, -0.1) is 0 Å². The van der Waals surface area contributed by atoms with E-state index in [0.717, 1.165) is 42.1 Å². The molecule has 116 valence electrons. The number of aryl methyl sites for hydroxylation is 1. The van der Waals surface area contributed by atoms with E-state index in [1.54, 1.807) is 0 Å². The zero-order valence-electron chi connectivity index (χ0n) is 13.4. The Hall–Kier alpha value is -1.06. The van der Waals surface area contributed by atoms with E-state index in [1.807, 2.05) is 39.0 Å². The monoisotopic (exact) mass is 308 g/mol. The fourth-order valence-corrected chi connectivity index (χ4v) is 3.02. The summed E-state index contributed by atoms with van der Waals surface area (Å²) in [5, 5.41) is 3.93. The number of rotatable bonds is 3. The number of benzene rings is 1. The lowest BCUT2D eigenvalue weighted by atomic mass is 9.91. The Morgan fingerprint density at radius 3 is 2.76 bits per heavy atom. The number of amides is 1. The van der Waals surface area contributed by atoms with Crippen LogP contribution in [0.3, 0.4) is 0 Å². The van der Waals surface area contributed by atoms with Gasteiger partial charge in [0.15, 0.2) is 0 Å². The summed E-state index contributed by atoms with van der Waals surface area (Å²) in [5.74, 6) is 0.229. The molecule has 1 aliphatic heterocycles. The second-order valence-corrected chi connectivity index (χ2v) is 7.09. The summed E-state index contributed by atoms with van der Waals surface area (Å²) >= 11 is 6.20. The van der Waals surface area contributed by atoms with Gasteiger partial charge in [0.1, 0.15) is 0 Å². The lowest BCUT2D eigenvalue weighted by Gasteiger charge is -2.33. The zero-order valence-corrected chi connectivity index (χ0v) is 14.1. The van der Waals surface area contributed by atoms with Crippen molar-refractivity contribution in [2.24, 2.45) is 5.92 Å². The molecule has 1 saturated heterocycles. The molecule has 21 heavy (non-hydrogen) atoms. The molecule has 1 N–H and O–H groups in total. The topological polar surface area (TPSA) is 32.3 Å². The van der Waals surface area contributed by atoms with Gasteiger partial charge < -0.3 is 10.2 Å². The molecule has 0 bridgehead atoms. The van der Waals surface area contributed by atoms with Crippen molar-refractivity contribution < 1.29 is 4.79 Å². The van der Waals surface area contributed by atoms with Crippen molar-refractivity contribution in [2.45, 2.75) is 39.2 Å². The van der Waals surface area contributed by atoms with Crippen molar-refractivity contribution in [2.75, 3.05) is 20.1 Å². The molecular formula is C17H25ClN2O. The van der Waals surface area contributed by atoms with Gasteiger partial charge in [-0.2, -0.15) is 0 Å². The van der Waals surface area contributed by atoms with Gasteiger partial charge in [-0.25, -0.2) is 0 Å². The highest BCUT2D eigenvalue weighted by atomic mass is 35.5. The maximum atomic E-state index is 12.5. The van der Waals surface area contributed by atoms with E-state index in [1.165, 1.54) is 0 Å². The molecule has 0 saturated carbocycles. The molecule has 0 aromatic heterocycles. The second-order valence-electron chi connectivity index (χ2n) is 6.68. The van der Waals surface area contributed by atoms with Gasteiger partial charge in [0, 0.05) is 11.6 Å². The van der Waals surface area contributed by atoms with E-state index in [2.05, 4.69) is 17.3 Å². The summed E-state index contributed by atoms with van der Waals surface area (Å²) in [6.45, 7) is 7.96. The Morgan fingerprint density at radius 1 is 1.43 bits per heavy atom. The first-order chi connectivity index (χ1) is 9.79. The minimum Gasteiger partial charge on any atom is -0.347 e. The molecule has 0 spiro atoms. The summed E-state index contributed by atoms with van der Waals surface area (Å²) in [6.07, 6.45) is 2.06. The molecule has 1 heterocycles. The quantitative estimate of drug-likeness (QED) is 0.929. The first-order valence-corrected chi connectivity index (χ1v) is 7.94. The van der Waals surface area contributed by atoms with Crippen molar-refractivity contribution in [1.82, 2.24) is 10.2 Å². The van der Waals surface area contributed by atoms with Crippen LogP contribution in [-0.2, 0) is 10.3 Å². The summed E-state index contributed by atoms with van der Waals surface area (Å²) in [7, 11) is 2.07. The average molecular weight is 309 g/mol. The van der Waals surface area contributed by atoms with Crippen molar-refractivity contribution in [3.63, 3.8) is 0 Å². The number of carbonyl (C=O) groups is 1. The lowest BCUT2D eigenvalue weighted by molar-refractivity contribution is -0.128. The highest BCUT2D eigenvalue weighted by molar-refractivity contribution is 6.31. The van der Waals surface area contributed by atoms with Crippen LogP contribution in [-0.4, -0.2) is 30.9 Å². The molecule has 1 aliphatic rings. The Balaban J connectivity index is 2.08. The van der Waals surface area contributed by atoms with E-state index in [-0.39, 0.29) is 11.8 Å². The molecule has 1 amide bonds. The van der Waals surface area contributed by atoms with Crippen LogP contribution in [0, 0.1) is 12.8 Å². The molecule has 0 radical (unpaired) electrons. The summed E-state index contributed by atoms with van der Waals surface area (Å²) in [5.41, 5.74) is 1.68. The second kappa shape index (κ2) is 6.37. The Morgan fingerprint density at radius 2 is 2.14 bits per heavy atom. The molecule has 0 unspecified atom stereocenters. The first-order valence-electron chi connectivity index (χ1n) is 7.57. The van der Waals surface area contributed by atoms with E-state index in [0.29, 0.717) is 0 Å². The van der Waals surface area contributed by atoms with E-state index < -0.39 is 5.54 Å². The number of hydrogen-bond donors (Lipinski definition) is 1. The zero-order chi connectivity index (χ0) is 15.6. The van der Waals surface area contributed by atoms with Crippen LogP contribution < -0.4 is 5.32 Å². The molecule has 3 nitrogen and oxygen atoms in total. The molecule has 1 aromatic carbocycles. The minimum atomic E-state index is -0.412. The summed E-state index contributed by atoms with van der Waals surface area (Å²) in [4.78, 5) is 14.7. The van der Waals surface area contributed by atoms with Crippen molar-refractivity contribution in [3.05, 3.63) is 34.3 Å². The van der Waals surface area contributed by atoms with Gasteiger partial charge in [0.2, 0.25) is 5.91 Å². The maximum absolute atomic E-state index is 12.5. The first kappa shape index (κ1) is 16.3. The number of nitrogens with zero attached hydrogens (tertiary/aromatic N) is 1. The van der Waals surface area contributed by atoms with E-state index in [9.17, 15) is 4.79 Å². The van der Waals surface area contributed by atoms with Crippen molar-refractivity contribution in [3.8, 4) is 0 Å². The fraction of sp³-hybridized carbons (Fsp3) is 0.588. The third kappa shape index (κ3) is 3.98. The van der Waals surface area contributed by atoms with E-state index in [4.69, 9.17) is 11.6 Å². The smallest absolute Gasteiger partial charge is 0.225 e. The van der Waals surface area contributed by atoms with Gasteiger partial charge in [0.25, 0.3) is 0 Å². The van der Waals surface area contributed by atoms with Crippen molar-refractivity contribution in [1.29, 1.82) is 0 Å². The number of likely N-dealkylation sites (tertiary alicyclic amines) is 1. The van der Waals surface area contributed by atoms with Crippen LogP contribution in [0.15, 0.2) is 18.2 Å². The third-order valence-corrected chi connectivity index (χ3v) is 4.73. The van der Waals surface area contributed by atoms with Crippen LogP contribution in [0.4, 0.5) is 0 Å². The number of hydrogen-bond acceptors (Lipinski definition) is 2. The molecule has 1 atom stereocenters. The van der Waals surface area contributed by atoms with Crippen LogP contribution in [0.2, 0.25) is 5.02 Å². The molecule has 2 rings (SSSR count). The van der Waals surface area contributed by atoms with Gasteiger partial charge in [0.05, 0.1) is 11.5 Å². The number of piperidine rings is 1. The van der Waals surface area contributed by atoms with Crippen molar-refractivity contribution >= 4 is 17.5 Å². The fourth-order valence-electron chi connectivity index (χ4n) is 2.84. The van der Waals surface area contributed by atoms with Crippen LogP contribution in [0.25, 0.3) is 0 Å². The SMILES string of the molecule is Cc1ccc(C(C)(C)NC(=O)[C@H]2CCCN(C)C2)cc1Cl. The normalized spacial score (nSPS) is 20.3. The Labute approximate surface area is 132 Å². The minimum absolute atomic E-state index is 0.0870. The predicted octanol–water partition coefficient (Wildman–Crippen LogP) is 3.34. The van der Waals surface area contributed by atoms with Gasteiger partial charge in [-0.1, -0.05) is 23.7 Å². The van der Waals surface area contributed by atoms with Gasteiger partial charge in [-0.05, 0) is 64.4 Å². The number of carbonyl (C=O) groups excluding carboxylic acids is 1. The lowest BCUT2D eigenvalue weighted by Crippen LogP contribution is -2.48. The van der Waals surface area contributed by atoms with Crippen LogP contribution in [0.1, 0.15) is 37.8 Å². The third-order valence-electron chi connectivity index (χ3n) is 4.32.